The molecule has 1 heterocycles. The van der Waals surface area contributed by atoms with E-state index in [1.165, 1.54) is 12.1 Å². The van der Waals surface area contributed by atoms with Crippen LogP contribution in [0.2, 0.25) is 0 Å². The molecule has 0 fully saturated rings. The number of hydrogen-bond acceptors (Lipinski definition) is 4. The average molecular weight is 454 g/mol. The molecular formula is C27H24FN5O. The molecule has 4 rings (SSSR count). The fraction of sp³-hybridized carbons (Fsp3) is 0.185. The molecule has 170 valence electrons. The largest absolute Gasteiger partial charge is 0.327 e. The fourth-order valence-corrected chi connectivity index (χ4v) is 3.79. The van der Waals surface area contributed by atoms with Gasteiger partial charge in [0.05, 0.1) is 24.7 Å². The Balaban J connectivity index is 1.62. The maximum absolute atomic E-state index is 13.6. The SMILES string of the molecule is Cc1cccc(C(=O)N(Cc2ccc(F)cc2C)Cc2nncn2Cc2ccc(C#N)cc2)c1. The van der Waals surface area contributed by atoms with Crippen molar-refractivity contribution < 1.29 is 9.18 Å². The molecular weight excluding hydrogens is 429 g/mol. The number of carbonyl (C=O) groups excluding carboxylic acids is 1. The molecule has 1 aromatic heterocycles. The van der Waals surface area contributed by atoms with Gasteiger partial charge in [-0.15, -0.1) is 10.2 Å². The zero-order valence-electron chi connectivity index (χ0n) is 19.1. The van der Waals surface area contributed by atoms with Gasteiger partial charge in [-0.3, -0.25) is 4.79 Å². The number of rotatable bonds is 7. The van der Waals surface area contributed by atoms with Gasteiger partial charge in [0.25, 0.3) is 5.91 Å². The molecule has 0 aliphatic rings. The van der Waals surface area contributed by atoms with E-state index >= 15 is 0 Å². The summed E-state index contributed by atoms with van der Waals surface area (Å²) in [5, 5.41) is 17.3. The van der Waals surface area contributed by atoms with E-state index in [2.05, 4.69) is 16.3 Å². The minimum Gasteiger partial charge on any atom is -0.327 e. The normalized spacial score (nSPS) is 10.6. The van der Waals surface area contributed by atoms with E-state index in [-0.39, 0.29) is 18.3 Å². The van der Waals surface area contributed by atoms with Gasteiger partial charge >= 0.3 is 0 Å². The fourth-order valence-electron chi connectivity index (χ4n) is 3.79. The Morgan fingerprint density at radius 3 is 2.56 bits per heavy atom. The van der Waals surface area contributed by atoms with E-state index < -0.39 is 0 Å². The summed E-state index contributed by atoms with van der Waals surface area (Å²) in [5.41, 5.74) is 4.80. The van der Waals surface area contributed by atoms with E-state index in [0.717, 1.165) is 22.3 Å². The van der Waals surface area contributed by atoms with Gasteiger partial charge in [-0.1, -0.05) is 35.9 Å². The molecule has 34 heavy (non-hydrogen) atoms. The first-order chi connectivity index (χ1) is 16.4. The Hall–Kier alpha value is -4.31. The number of hydrogen-bond donors (Lipinski definition) is 0. The third-order valence-corrected chi connectivity index (χ3v) is 5.68. The van der Waals surface area contributed by atoms with Gasteiger partial charge in [0, 0.05) is 12.1 Å². The average Bonchev–Trinajstić information content (AvgIpc) is 3.26. The Labute approximate surface area is 197 Å². The summed E-state index contributed by atoms with van der Waals surface area (Å²) < 4.78 is 15.5. The minimum absolute atomic E-state index is 0.139. The molecule has 7 heteroatoms. The predicted octanol–water partition coefficient (Wildman–Crippen LogP) is 4.80. The minimum atomic E-state index is -0.306. The van der Waals surface area contributed by atoms with Crippen LogP contribution in [0.25, 0.3) is 0 Å². The number of benzene rings is 3. The number of halogens is 1. The molecule has 0 radical (unpaired) electrons. The molecule has 1 amide bonds. The third-order valence-electron chi connectivity index (χ3n) is 5.68. The molecule has 0 aliphatic carbocycles. The van der Waals surface area contributed by atoms with Crippen LogP contribution < -0.4 is 0 Å². The van der Waals surface area contributed by atoms with Crippen LogP contribution in [0.15, 0.2) is 73.1 Å². The zero-order chi connectivity index (χ0) is 24.1. The lowest BCUT2D eigenvalue weighted by molar-refractivity contribution is 0.0723. The van der Waals surface area contributed by atoms with Crippen LogP contribution >= 0.6 is 0 Å². The first-order valence-corrected chi connectivity index (χ1v) is 10.9. The molecule has 4 aromatic rings. The Kier molecular flexibility index (Phi) is 6.79. The number of amides is 1. The maximum atomic E-state index is 13.6. The summed E-state index contributed by atoms with van der Waals surface area (Å²) in [6, 6.07) is 21.5. The second kappa shape index (κ2) is 10.1. The number of nitriles is 1. The van der Waals surface area contributed by atoms with Gasteiger partial charge in [-0.05, 0) is 66.9 Å². The molecule has 0 bridgehead atoms. The second-order valence-electron chi connectivity index (χ2n) is 8.29. The molecule has 0 spiro atoms. The molecule has 0 atom stereocenters. The van der Waals surface area contributed by atoms with Crippen molar-refractivity contribution in [1.29, 1.82) is 5.26 Å². The van der Waals surface area contributed by atoms with Gasteiger partial charge in [-0.25, -0.2) is 4.39 Å². The Morgan fingerprint density at radius 2 is 1.85 bits per heavy atom. The molecule has 0 aliphatic heterocycles. The van der Waals surface area contributed by atoms with Crippen LogP contribution in [0.1, 0.15) is 44.0 Å². The van der Waals surface area contributed by atoms with E-state index in [1.807, 2.05) is 48.7 Å². The number of nitrogens with zero attached hydrogens (tertiary/aromatic N) is 5. The summed E-state index contributed by atoms with van der Waals surface area (Å²) >= 11 is 0. The highest BCUT2D eigenvalue weighted by Crippen LogP contribution is 2.18. The zero-order valence-corrected chi connectivity index (χ0v) is 19.1. The van der Waals surface area contributed by atoms with Gasteiger partial charge < -0.3 is 9.47 Å². The first kappa shape index (κ1) is 22.9. The lowest BCUT2D eigenvalue weighted by Gasteiger charge is -2.24. The van der Waals surface area contributed by atoms with Crippen molar-refractivity contribution in [2.45, 2.75) is 33.5 Å². The van der Waals surface area contributed by atoms with Crippen molar-refractivity contribution in [3.63, 3.8) is 0 Å². The van der Waals surface area contributed by atoms with Crippen LogP contribution in [-0.2, 0) is 19.6 Å². The molecule has 0 N–H and O–H groups in total. The molecule has 0 unspecified atom stereocenters. The number of carbonyl (C=O) groups is 1. The lowest BCUT2D eigenvalue weighted by Crippen LogP contribution is -2.31. The lowest BCUT2D eigenvalue weighted by atomic mass is 10.1. The van der Waals surface area contributed by atoms with Crippen molar-refractivity contribution >= 4 is 5.91 Å². The quantitative estimate of drug-likeness (QED) is 0.403. The van der Waals surface area contributed by atoms with Crippen molar-refractivity contribution in [3.8, 4) is 6.07 Å². The third kappa shape index (κ3) is 5.36. The summed E-state index contributed by atoms with van der Waals surface area (Å²) in [6.07, 6.45) is 1.63. The highest BCUT2D eigenvalue weighted by Gasteiger charge is 2.20. The number of aromatic nitrogens is 3. The van der Waals surface area contributed by atoms with Crippen LogP contribution in [0.4, 0.5) is 4.39 Å². The molecule has 3 aromatic carbocycles. The van der Waals surface area contributed by atoms with Gasteiger partial charge in [-0.2, -0.15) is 5.26 Å². The maximum Gasteiger partial charge on any atom is 0.254 e. The van der Waals surface area contributed by atoms with Crippen molar-refractivity contribution in [2.75, 3.05) is 0 Å². The van der Waals surface area contributed by atoms with Crippen LogP contribution in [0, 0.1) is 31.0 Å². The molecule has 0 saturated heterocycles. The predicted molar refractivity (Wildman–Crippen MR) is 126 cm³/mol. The molecule has 0 saturated carbocycles. The van der Waals surface area contributed by atoms with E-state index in [0.29, 0.717) is 30.0 Å². The molecule has 6 nitrogen and oxygen atoms in total. The van der Waals surface area contributed by atoms with Crippen molar-refractivity contribution in [3.05, 3.63) is 118 Å². The van der Waals surface area contributed by atoms with Gasteiger partial charge in [0.2, 0.25) is 0 Å². The van der Waals surface area contributed by atoms with E-state index in [4.69, 9.17) is 5.26 Å². The standard InChI is InChI=1S/C27H24FN5O/c1-19-4-3-5-23(12-19)27(34)32(16-24-10-11-25(28)13-20(24)2)17-26-31-30-18-33(26)15-22-8-6-21(14-29)7-9-22/h3-13,18H,15-17H2,1-2H3. The smallest absolute Gasteiger partial charge is 0.254 e. The first-order valence-electron chi connectivity index (χ1n) is 10.9. The van der Waals surface area contributed by atoms with Crippen LogP contribution in [-0.4, -0.2) is 25.6 Å². The van der Waals surface area contributed by atoms with E-state index in [1.54, 1.807) is 35.5 Å². The Bertz CT molecular complexity index is 1350. The van der Waals surface area contributed by atoms with Gasteiger partial charge in [0.15, 0.2) is 5.82 Å². The summed E-state index contributed by atoms with van der Waals surface area (Å²) in [5.74, 6) is 0.186. The Morgan fingerprint density at radius 1 is 1.06 bits per heavy atom. The highest BCUT2D eigenvalue weighted by molar-refractivity contribution is 5.94. The summed E-state index contributed by atoms with van der Waals surface area (Å²) in [4.78, 5) is 15.2. The van der Waals surface area contributed by atoms with Gasteiger partial charge in [0.1, 0.15) is 12.1 Å². The second-order valence-corrected chi connectivity index (χ2v) is 8.29. The number of aryl methyl sites for hydroxylation is 2. The monoisotopic (exact) mass is 453 g/mol. The van der Waals surface area contributed by atoms with E-state index in [9.17, 15) is 9.18 Å². The van der Waals surface area contributed by atoms with Crippen LogP contribution in [0.5, 0.6) is 0 Å². The topological polar surface area (TPSA) is 74.8 Å². The van der Waals surface area contributed by atoms with Crippen molar-refractivity contribution in [1.82, 2.24) is 19.7 Å². The van der Waals surface area contributed by atoms with Crippen molar-refractivity contribution in [2.24, 2.45) is 0 Å². The van der Waals surface area contributed by atoms with Crippen LogP contribution in [0.3, 0.4) is 0 Å². The highest BCUT2D eigenvalue weighted by atomic mass is 19.1. The summed E-state index contributed by atoms with van der Waals surface area (Å²) in [6.45, 7) is 4.83. The summed E-state index contributed by atoms with van der Waals surface area (Å²) in [7, 11) is 0.